The van der Waals surface area contributed by atoms with E-state index in [1.807, 2.05) is 6.07 Å². The average molecular weight is 591 g/mol. The monoisotopic (exact) mass is 590 g/mol. The Hall–Kier alpha value is -2.79. The Morgan fingerprint density at radius 3 is 2.37 bits per heavy atom. The molecule has 0 aliphatic carbocycles. The summed E-state index contributed by atoms with van der Waals surface area (Å²) in [5.41, 5.74) is 4.16. The molecule has 0 saturated carbocycles. The highest BCUT2D eigenvalue weighted by molar-refractivity contribution is 7.89. The maximum atomic E-state index is 13.8. The minimum Gasteiger partial charge on any atom is -0.383 e. The number of hydrogen-bond acceptors (Lipinski definition) is 4. The van der Waals surface area contributed by atoms with Gasteiger partial charge in [0.1, 0.15) is 5.82 Å². The number of hydrogen-bond donors (Lipinski definition) is 0. The van der Waals surface area contributed by atoms with Crippen LogP contribution < -0.4 is 0 Å². The maximum Gasteiger partial charge on any atom is 0.417 e. The van der Waals surface area contributed by atoms with Crippen LogP contribution in [-0.4, -0.2) is 63.1 Å². The van der Waals surface area contributed by atoms with E-state index in [1.54, 1.807) is 7.11 Å². The number of nitrogens with zero attached hydrogens (tertiary/aromatic N) is 2. The van der Waals surface area contributed by atoms with Crippen molar-refractivity contribution in [1.29, 1.82) is 0 Å². The standard InChI is InChI=1S/C31H34F4N2O3S/c1-20-7-6-8-25(21(20)2)22-9-11-23(12-10-22)30-27-18-36(15-4-5-16-37(27)28(30)19-40-3)41(38,39)29-14-13-24(32)17-26(29)31(33,34)35/h6-14,17,27-28,30H,4-5,15-16,18-19H2,1-3H3/t27?,28-,30+/m1/s1. The van der Waals surface area contributed by atoms with Crippen LogP contribution >= 0.6 is 0 Å². The summed E-state index contributed by atoms with van der Waals surface area (Å²) < 4.78 is 89.1. The third-order valence-corrected chi connectivity index (χ3v) is 10.5. The SMILES string of the molecule is COC[C@@H]1[C@@H](c2ccc(-c3cccc(C)c3C)cc2)C2CN(S(=O)(=O)c3ccc(F)cc3C(F)(F)F)CCCCN21. The Morgan fingerprint density at radius 2 is 1.68 bits per heavy atom. The van der Waals surface area contributed by atoms with Crippen molar-refractivity contribution in [2.45, 2.75) is 55.8 Å². The number of aryl methyl sites for hydroxylation is 1. The molecule has 2 aliphatic rings. The Balaban J connectivity index is 1.48. The first-order valence-electron chi connectivity index (χ1n) is 13.7. The zero-order valence-electron chi connectivity index (χ0n) is 23.3. The topological polar surface area (TPSA) is 49.9 Å². The molecule has 5 rings (SSSR count). The number of rotatable bonds is 6. The molecule has 5 nitrogen and oxygen atoms in total. The first-order chi connectivity index (χ1) is 19.4. The van der Waals surface area contributed by atoms with Crippen LogP contribution in [-0.2, 0) is 20.9 Å². The molecule has 41 heavy (non-hydrogen) atoms. The van der Waals surface area contributed by atoms with Gasteiger partial charge in [-0.3, -0.25) is 4.90 Å². The maximum absolute atomic E-state index is 13.8. The Labute approximate surface area is 238 Å². The molecule has 2 aliphatic heterocycles. The van der Waals surface area contributed by atoms with E-state index >= 15 is 0 Å². The third kappa shape index (κ3) is 5.67. The first-order valence-corrected chi connectivity index (χ1v) is 15.2. The van der Waals surface area contributed by atoms with Gasteiger partial charge in [-0.25, -0.2) is 12.8 Å². The molecule has 0 radical (unpaired) electrons. The highest BCUT2D eigenvalue weighted by Gasteiger charge is 2.51. The number of methoxy groups -OCH3 is 1. The lowest BCUT2D eigenvalue weighted by molar-refractivity contribution is -0.140. The Kier molecular flexibility index (Phi) is 8.31. The molecule has 3 aromatic rings. The van der Waals surface area contributed by atoms with E-state index in [1.165, 1.54) is 11.1 Å². The van der Waals surface area contributed by atoms with Gasteiger partial charge in [0.05, 0.1) is 17.1 Å². The van der Waals surface area contributed by atoms with Gasteiger partial charge in [0.15, 0.2) is 0 Å². The molecule has 2 fully saturated rings. The van der Waals surface area contributed by atoms with E-state index in [2.05, 4.69) is 55.1 Å². The molecular formula is C31H34F4N2O3S. The van der Waals surface area contributed by atoms with Crippen molar-refractivity contribution in [3.05, 3.63) is 88.7 Å². The van der Waals surface area contributed by atoms with E-state index in [0.717, 1.165) is 39.7 Å². The molecule has 0 aromatic heterocycles. The Bertz CT molecular complexity index is 1510. The van der Waals surface area contributed by atoms with Gasteiger partial charge in [0.2, 0.25) is 10.0 Å². The molecule has 1 unspecified atom stereocenters. The normalized spacial score (nSPS) is 22.5. The summed E-state index contributed by atoms with van der Waals surface area (Å²) in [7, 11) is -2.93. The third-order valence-electron chi connectivity index (χ3n) is 8.56. The fourth-order valence-corrected chi connectivity index (χ4v) is 8.00. The minimum atomic E-state index is -5.01. The van der Waals surface area contributed by atoms with E-state index in [-0.39, 0.29) is 37.2 Å². The zero-order chi connectivity index (χ0) is 29.5. The number of alkyl halides is 3. The van der Waals surface area contributed by atoms with Crippen molar-refractivity contribution in [2.75, 3.05) is 33.4 Å². The molecule has 0 spiro atoms. The number of sulfonamides is 1. The molecule has 0 N–H and O–H groups in total. The summed E-state index contributed by atoms with van der Waals surface area (Å²) in [6.45, 7) is 5.47. The molecule has 0 bridgehead atoms. The molecule has 10 heteroatoms. The second-order valence-electron chi connectivity index (χ2n) is 10.9. The molecule has 220 valence electrons. The quantitative estimate of drug-likeness (QED) is 0.312. The number of benzene rings is 3. The van der Waals surface area contributed by atoms with Crippen LogP contribution in [0.15, 0.2) is 65.6 Å². The molecular weight excluding hydrogens is 556 g/mol. The second kappa shape index (κ2) is 11.5. The summed E-state index contributed by atoms with van der Waals surface area (Å²) in [6.07, 6.45) is -3.82. The van der Waals surface area contributed by atoms with Gasteiger partial charge in [-0.05, 0) is 79.3 Å². The Morgan fingerprint density at radius 1 is 0.976 bits per heavy atom. The van der Waals surface area contributed by atoms with Crippen molar-refractivity contribution in [3.8, 4) is 11.1 Å². The summed E-state index contributed by atoms with van der Waals surface area (Å²) in [6, 6.07) is 15.9. The van der Waals surface area contributed by atoms with Gasteiger partial charge >= 0.3 is 6.18 Å². The van der Waals surface area contributed by atoms with E-state index in [9.17, 15) is 26.0 Å². The van der Waals surface area contributed by atoms with Crippen molar-refractivity contribution in [2.24, 2.45) is 0 Å². The highest BCUT2D eigenvalue weighted by Crippen LogP contribution is 2.44. The molecule has 2 heterocycles. The van der Waals surface area contributed by atoms with Gasteiger partial charge in [0, 0.05) is 38.2 Å². The predicted octanol–water partition coefficient (Wildman–Crippen LogP) is 6.40. The van der Waals surface area contributed by atoms with E-state index < -0.39 is 32.5 Å². The summed E-state index contributed by atoms with van der Waals surface area (Å²) in [5.74, 6) is -1.21. The van der Waals surface area contributed by atoms with Crippen LogP contribution in [0.2, 0.25) is 0 Å². The van der Waals surface area contributed by atoms with Gasteiger partial charge in [-0.15, -0.1) is 0 Å². The van der Waals surface area contributed by atoms with Crippen LogP contribution in [0.1, 0.15) is 41.0 Å². The second-order valence-corrected chi connectivity index (χ2v) is 12.8. The van der Waals surface area contributed by atoms with Crippen molar-refractivity contribution in [1.82, 2.24) is 9.21 Å². The largest absolute Gasteiger partial charge is 0.417 e. The highest BCUT2D eigenvalue weighted by atomic mass is 32.2. The minimum absolute atomic E-state index is 0.00997. The average Bonchev–Trinajstić information content (AvgIpc) is 2.91. The van der Waals surface area contributed by atoms with Gasteiger partial charge < -0.3 is 4.74 Å². The fourth-order valence-electron chi connectivity index (χ4n) is 6.32. The van der Waals surface area contributed by atoms with Crippen molar-refractivity contribution in [3.63, 3.8) is 0 Å². The lowest BCUT2D eigenvalue weighted by atomic mass is 9.74. The first kappa shape index (κ1) is 29.7. The number of ether oxygens (including phenoxy) is 1. The van der Waals surface area contributed by atoms with Crippen LogP contribution in [0.5, 0.6) is 0 Å². The van der Waals surface area contributed by atoms with Crippen molar-refractivity contribution >= 4 is 10.0 Å². The molecule has 2 saturated heterocycles. The van der Waals surface area contributed by atoms with Crippen LogP contribution in [0, 0.1) is 19.7 Å². The van der Waals surface area contributed by atoms with Gasteiger partial charge in [0.25, 0.3) is 0 Å². The lowest BCUT2D eigenvalue weighted by Gasteiger charge is -2.57. The zero-order valence-corrected chi connectivity index (χ0v) is 24.1. The van der Waals surface area contributed by atoms with Crippen LogP contribution in [0.4, 0.5) is 17.6 Å². The van der Waals surface area contributed by atoms with E-state index in [4.69, 9.17) is 4.74 Å². The van der Waals surface area contributed by atoms with Gasteiger partial charge in [-0.1, -0.05) is 42.5 Å². The predicted molar refractivity (Wildman–Crippen MR) is 150 cm³/mol. The fraction of sp³-hybridized carbons (Fsp3) is 0.419. The summed E-state index contributed by atoms with van der Waals surface area (Å²) in [5, 5.41) is 0. The summed E-state index contributed by atoms with van der Waals surface area (Å²) in [4.78, 5) is 1.30. The number of halogens is 4. The van der Waals surface area contributed by atoms with E-state index in [0.29, 0.717) is 19.4 Å². The van der Waals surface area contributed by atoms with Crippen LogP contribution in [0.25, 0.3) is 11.1 Å². The van der Waals surface area contributed by atoms with Gasteiger partial charge in [-0.2, -0.15) is 17.5 Å². The lowest BCUT2D eigenvalue weighted by Crippen LogP contribution is -2.68. The van der Waals surface area contributed by atoms with Crippen molar-refractivity contribution < 1.29 is 30.7 Å². The summed E-state index contributed by atoms with van der Waals surface area (Å²) >= 11 is 0. The smallest absolute Gasteiger partial charge is 0.383 e. The molecule has 3 aromatic carbocycles. The molecule has 0 amide bonds. The van der Waals surface area contributed by atoms with Crippen LogP contribution in [0.3, 0.4) is 0 Å². The number of fused-ring (bicyclic) bond motifs is 1. The molecule has 3 atom stereocenters.